The second-order valence-corrected chi connectivity index (χ2v) is 4.69. The average molecular weight is 281 g/mol. The molecule has 3 rings (SSSR count). The minimum Gasteiger partial charge on any atom is -0.497 e. The van der Waals surface area contributed by atoms with E-state index in [-0.39, 0.29) is 0 Å². The summed E-state index contributed by atoms with van der Waals surface area (Å²) in [5.41, 5.74) is 2.23. The number of hydrogen-bond acceptors (Lipinski definition) is 3. The Bertz CT molecular complexity index is 677. The van der Waals surface area contributed by atoms with Crippen LogP contribution in [0.4, 0.5) is 4.79 Å². The first kappa shape index (κ1) is 13.2. The summed E-state index contributed by atoms with van der Waals surface area (Å²) >= 11 is 0. The number of benzene rings is 2. The van der Waals surface area contributed by atoms with Crippen molar-refractivity contribution in [2.75, 3.05) is 7.11 Å². The van der Waals surface area contributed by atoms with Crippen molar-refractivity contribution in [3.63, 3.8) is 0 Å². The third kappa shape index (κ3) is 2.89. The summed E-state index contributed by atoms with van der Waals surface area (Å²) in [5.74, 6) is 1.22. The van der Waals surface area contributed by atoms with Crippen molar-refractivity contribution < 1.29 is 14.3 Å². The average Bonchev–Trinajstić information content (AvgIpc) is 2.55. The van der Waals surface area contributed by atoms with Gasteiger partial charge in [0.15, 0.2) is 0 Å². The molecule has 0 atom stereocenters. The zero-order valence-electron chi connectivity index (χ0n) is 11.7. The maximum Gasteiger partial charge on any atom is 0.419 e. The first-order valence-electron chi connectivity index (χ1n) is 6.65. The van der Waals surface area contributed by atoms with Crippen molar-refractivity contribution >= 4 is 12.2 Å². The van der Waals surface area contributed by atoms with Crippen LogP contribution < -0.4 is 9.47 Å². The summed E-state index contributed by atoms with van der Waals surface area (Å²) in [6.07, 6.45) is 3.26. The second-order valence-electron chi connectivity index (χ2n) is 4.69. The fourth-order valence-electron chi connectivity index (χ4n) is 2.18. The van der Waals surface area contributed by atoms with E-state index in [2.05, 4.69) is 0 Å². The molecule has 0 fully saturated rings. The molecule has 1 aliphatic heterocycles. The molecule has 0 aliphatic carbocycles. The van der Waals surface area contributed by atoms with Crippen LogP contribution in [0.1, 0.15) is 11.1 Å². The molecule has 0 spiro atoms. The van der Waals surface area contributed by atoms with Crippen LogP contribution in [0, 0.1) is 0 Å². The van der Waals surface area contributed by atoms with Crippen molar-refractivity contribution in [2.24, 2.45) is 0 Å². The Morgan fingerprint density at radius 3 is 2.52 bits per heavy atom. The molecule has 106 valence electrons. The van der Waals surface area contributed by atoms with Gasteiger partial charge in [0, 0.05) is 6.20 Å². The lowest BCUT2D eigenvalue weighted by molar-refractivity contribution is 0.167. The Hall–Kier alpha value is -2.75. The Labute approximate surface area is 123 Å². The van der Waals surface area contributed by atoms with E-state index in [0.29, 0.717) is 12.3 Å². The van der Waals surface area contributed by atoms with E-state index in [1.807, 2.05) is 30.3 Å². The summed E-state index contributed by atoms with van der Waals surface area (Å²) in [5, 5.41) is 0. The number of nitrogens with zero attached hydrogens (tertiary/aromatic N) is 1. The van der Waals surface area contributed by atoms with E-state index in [0.717, 1.165) is 16.9 Å². The smallest absolute Gasteiger partial charge is 0.419 e. The lowest BCUT2D eigenvalue weighted by Crippen LogP contribution is -2.30. The quantitative estimate of drug-likeness (QED) is 0.843. The normalized spacial score (nSPS) is 12.7. The Morgan fingerprint density at radius 1 is 1.05 bits per heavy atom. The van der Waals surface area contributed by atoms with Crippen molar-refractivity contribution in [3.05, 3.63) is 65.9 Å². The molecule has 0 bridgehead atoms. The molecular formula is C17H15NO3. The number of carbonyl (C=O) groups excluding carboxylic acids is 1. The number of methoxy groups -OCH3 is 1. The van der Waals surface area contributed by atoms with Crippen molar-refractivity contribution in [1.29, 1.82) is 0 Å². The van der Waals surface area contributed by atoms with Crippen LogP contribution in [-0.4, -0.2) is 18.1 Å². The standard InChI is InChI=1S/C17H15NO3/c1-20-15-6-8-16(9-7-15)21-17(19)18-11-10-13-4-2-3-5-14(13)12-18/h2-11H,12H2,1H3. The number of amides is 1. The van der Waals surface area contributed by atoms with Crippen LogP contribution in [0.25, 0.3) is 6.08 Å². The zero-order valence-corrected chi connectivity index (χ0v) is 11.7. The zero-order chi connectivity index (χ0) is 14.7. The van der Waals surface area contributed by atoms with Gasteiger partial charge in [0.05, 0.1) is 13.7 Å². The lowest BCUT2D eigenvalue weighted by Gasteiger charge is -2.22. The van der Waals surface area contributed by atoms with Crippen molar-refractivity contribution in [2.45, 2.75) is 6.54 Å². The predicted molar refractivity (Wildman–Crippen MR) is 80.0 cm³/mol. The maximum atomic E-state index is 12.2. The molecule has 0 unspecified atom stereocenters. The molecule has 0 N–H and O–H groups in total. The molecule has 21 heavy (non-hydrogen) atoms. The van der Waals surface area contributed by atoms with Gasteiger partial charge in [-0.3, -0.25) is 4.90 Å². The topological polar surface area (TPSA) is 38.8 Å². The SMILES string of the molecule is COc1ccc(OC(=O)N2C=Cc3ccccc3C2)cc1. The van der Waals surface area contributed by atoms with E-state index in [4.69, 9.17) is 9.47 Å². The molecule has 2 aromatic rings. The van der Waals surface area contributed by atoms with Gasteiger partial charge >= 0.3 is 6.09 Å². The van der Waals surface area contributed by atoms with Gasteiger partial charge < -0.3 is 9.47 Å². The highest BCUT2D eigenvalue weighted by atomic mass is 16.6. The minimum atomic E-state index is -0.397. The van der Waals surface area contributed by atoms with Gasteiger partial charge in [-0.15, -0.1) is 0 Å². The molecule has 0 radical (unpaired) electrons. The molecule has 1 heterocycles. The summed E-state index contributed by atoms with van der Waals surface area (Å²) in [6.45, 7) is 0.516. The summed E-state index contributed by atoms with van der Waals surface area (Å²) < 4.78 is 10.4. The minimum absolute atomic E-state index is 0.397. The molecule has 0 saturated carbocycles. The van der Waals surface area contributed by atoms with Crippen molar-refractivity contribution in [1.82, 2.24) is 4.90 Å². The van der Waals surface area contributed by atoms with Gasteiger partial charge in [0.1, 0.15) is 11.5 Å². The monoisotopic (exact) mass is 281 g/mol. The fourth-order valence-corrected chi connectivity index (χ4v) is 2.18. The van der Waals surface area contributed by atoms with Gasteiger partial charge in [0.2, 0.25) is 0 Å². The fraction of sp³-hybridized carbons (Fsp3) is 0.118. The van der Waals surface area contributed by atoms with Crippen LogP contribution in [-0.2, 0) is 6.54 Å². The van der Waals surface area contributed by atoms with Crippen LogP contribution in [0.2, 0.25) is 0 Å². The Kier molecular flexibility index (Phi) is 3.60. The molecule has 0 aromatic heterocycles. The van der Waals surface area contributed by atoms with E-state index in [1.54, 1.807) is 42.5 Å². The first-order chi connectivity index (χ1) is 10.3. The van der Waals surface area contributed by atoms with Gasteiger partial charge in [-0.05, 0) is 41.5 Å². The number of rotatable bonds is 2. The third-order valence-corrected chi connectivity index (χ3v) is 3.33. The van der Waals surface area contributed by atoms with Gasteiger partial charge in [-0.2, -0.15) is 0 Å². The number of hydrogen-bond donors (Lipinski definition) is 0. The number of fused-ring (bicyclic) bond motifs is 1. The van der Waals surface area contributed by atoms with Crippen LogP contribution >= 0.6 is 0 Å². The summed E-state index contributed by atoms with van der Waals surface area (Å²) in [6, 6.07) is 14.9. The number of ether oxygens (including phenoxy) is 2. The van der Waals surface area contributed by atoms with E-state index in [9.17, 15) is 4.79 Å². The Balaban J connectivity index is 1.69. The molecule has 0 saturated heterocycles. The van der Waals surface area contributed by atoms with Crippen LogP contribution in [0.15, 0.2) is 54.7 Å². The van der Waals surface area contributed by atoms with E-state index in [1.165, 1.54) is 0 Å². The van der Waals surface area contributed by atoms with E-state index < -0.39 is 6.09 Å². The summed E-state index contributed by atoms with van der Waals surface area (Å²) in [4.78, 5) is 13.7. The molecule has 1 amide bonds. The van der Waals surface area contributed by atoms with Gasteiger partial charge in [0.25, 0.3) is 0 Å². The molecule has 4 nitrogen and oxygen atoms in total. The first-order valence-corrected chi connectivity index (χ1v) is 6.65. The molecule has 2 aromatic carbocycles. The maximum absolute atomic E-state index is 12.2. The second kappa shape index (κ2) is 5.71. The highest BCUT2D eigenvalue weighted by Gasteiger charge is 2.18. The van der Waals surface area contributed by atoms with Crippen molar-refractivity contribution in [3.8, 4) is 11.5 Å². The van der Waals surface area contributed by atoms with Crippen LogP contribution in [0.5, 0.6) is 11.5 Å². The highest BCUT2D eigenvalue weighted by Crippen LogP contribution is 2.22. The van der Waals surface area contributed by atoms with Gasteiger partial charge in [-0.1, -0.05) is 24.3 Å². The number of carbonyl (C=O) groups is 1. The molecular weight excluding hydrogens is 266 g/mol. The molecule has 1 aliphatic rings. The predicted octanol–water partition coefficient (Wildman–Crippen LogP) is 3.68. The van der Waals surface area contributed by atoms with E-state index >= 15 is 0 Å². The third-order valence-electron chi connectivity index (χ3n) is 3.33. The van der Waals surface area contributed by atoms with Crippen LogP contribution in [0.3, 0.4) is 0 Å². The summed E-state index contributed by atoms with van der Waals surface area (Å²) in [7, 11) is 1.59. The highest BCUT2D eigenvalue weighted by molar-refractivity contribution is 5.74. The van der Waals surface area contributed by atoms with Gasteiger partial charge in [-0.25, -0.2) is 4.79 Å². The Morgan fingerprint density at radius 2 is 1.76 bits per heavy atom. The molecule has 4 heteroatoms. The largest absolute Gasteiger partial charge is 0.497 e. The lowest BCUT2D eigenvalue weighted by atomic mass is 10.1.